The fourth-order valence-corrected chi connectivity index (χ4v) is 3.00. The number of amides is 1. The van der Waals surface area contributed by atoms with Crippen LogP contribution in [-0.4, -0.2) is 29.0 Å². The largest absolute Gasteiger partial charge is 0.618 e. The highest BCUT2D eigenvalue weighted by Crippen LogP contribution is 2.27. The molecule has 0 unspecified atom stereocenters. The maximum atomic E-state index is 13.0. The van der Waals surface area contributed by atoms with E-state index in [1.807, 2.05) is 0 Å². The summed E-state index contributed by atoms with van der Waals surface area (Å²) < 4.78 is 6.35. The molecule has 1 N–H and O–H groups in total. The number of aromatic nitrogens is 2. The highest BCUT2D eigenvalue weighted by molar-refractivity contribution is 6.06. The van der Waals surface area contributed by atoms with Crippen LogP contribution in [0.15, 0.2) is 52.9 Å². The van der Waals surface area contributed by atoms with Gasteiger partial charge in [0.1, 0.15) is 11.1 Å². The molecule has 0 fully saturated rings. The first-order valence-electron chi connectivity index (χ1n) is 8.40. The van der Waals surface area contributed by atoms with Crippen LogP contribution in [0.1, 0.15) is 26.5 Å². The lowest BCUT2D eigenvalue weighted by molar-refractivity contribution is -0.584. The molecule has 8 heteroatoms. The third kappa shape index (κ3) is 2.71. The number of carbonyl (C=O) groups excluding carboxylic acids is 1. The van der Waals surface area contributed by atoms with Crippen LogP contribution in [0.2, 0.25) is 0 Å². The van der Waals surface area contributed by atoms with Crippen molar-refractivity contribution in [2.75, 3.05) is 11.9 Å². The molecule has 0 radical (unpaired) electrons. The van der Waals surface area contributed by atoms with E-state index in [0.717, 1.165) is 0 Å². The van der Waals surface area contributed by atoms with Crippen LogP contribution in [0.3, 0.4) is 0 Å². The van der Waals surface area contributed by atoms with Crippen LogP contribution >= 0.6 is 0 Å². The van der Waals surface area contributed by atoms with Crippen LogP contribution in [0.5, 0.6) is 0 Å². The Balaban J connectivity index is 1.76. The number of rotatable bonds is 3. The van der Waals surface area contributed by atoms with Crippen molar-refractivity contribution in [2.24, 2.45) is 0 Å². The van der Waals surface area contributed by atoms with E-state index in [-0.39, 0.29) is 22.8 Å². The summed E-state index contributed by atoms with van der Waals surface area (Å²) in [7, 11) is 1.50. The molecule has 0 aliphatic heterocycles. The Labute approximate surface area is 158 Å². The van der Waals surface area contributed by atoms with Gasteiger partial charge < -0.3 is 14.7 Å². The lowest BCUT2D eigenvalue weighted by atomic mass is 10.1. The predicted molar refractivity (Wildman–Crippen MR) is 101 cm³/mol. The van der Waals surface area contributed by atoms with Gasteiger partial charge in [0.25, 0.3) is 5.91 Å². The third-order valence-electron chi connectivity index (χ3n) is 4.57. The number of hydrogen-bond acceptors (Lipinski definition) is 5. The highest BCUT2D eigenvalue weighted by Gasteiger charge is 2.26. The number of carboxylic acid groups (broad SMARTS) is 1. The zero-order chi connectivity index (χ0) is 20.0. The summed E-state index contributed by atoms with van der Waals surface area (Å²) in [6.45, 7) is 1.53. The zero-order valence-corrected chi connectivity index (χ0v) is 15.0. The van der Waals surface area contributed by atoms with Gasteiger partial charge in [-0.3, -0.25) is 9.69 Å². The maximum absolute atomic E-state index is 13.0. The summed E-state index contributed by atoms with van der Waals surface area (Å²) >= 11 is 0. The summed E-state index contributed by atoms with van der Waals surface area (Å²) in [6, 6.07) is 12.8. The average Bonchev–Trinajstić information content (AvgIpc) is 3.12. The second kappa shape index (κ2) is 6.34. The number of carboxylic acids is 1. The molecule has 1 amide bonds. The summed E-state index contributed by atoms with van der Waals surface area (Å²) in [5, 5.41) is 22.1. The van der Waals surface area contributed by atoms with Crippen LogP contribution < -0.4 is 9.63 Å². The van der Waals surface area contributed by atoms with Crippen molar-refractivity contribution in [3.63, 3.8) is 0 Å². The number of nitrogens with zero attached hydrogens (tertiary/aromatic N) is 3. The number of aromatic carboxylic acids is 1. The van der Waals surface area contributed by atoms with E-state index in [1.54, 1.807) is 30.3 Å². The molecule has 0 spiro atoms. The monoisotopic (exact) mass is 377 g/mol. The van der Waals surface area contributed by atoms with Gasteiger partial charge in [-0.05, 0) is 24.3 Å². The van der Waals surface area contributed by atoms with E-state index in [9.17, 15) is 14.8 Å². The quantitative estimate of drug-likeness (QED) is 0.434. The Morgan fingerprint density at radius 2 is 1.93 bits per heavy atom. The lowest BCUT2D eigenvalue weighted by Gasteiger charge is -2.15. The van der Waals surface area contributed by atoms with Gasteiger partial charge in [-0.15, -0.1) is 0 Å². The molecule has 0 aliphatic rings. The second-order valence-electron chi connectivity index (χ2n) is 6.34. The molecule has 0 aliphatic carbocycles. The smallest absolute Gasteiger partial charge is 0.335 e. The molecule has 28 heavy (non-hydrogen) atoms. The molecule has 8 nitrogen and oxygen atoms in total. The van der Waals surface area contributed by atoms with Gasteiger partial charge in [0.05, 0.1) is 5.56 Å². The average molecular weight is 377 g/mol. The molecule has 0 saturated heterocycles. The first-order chi connectivity index (χ1) is 13.4. The fourth-order valence-electron chi connectivity index (χ4n) is 3.00. The maximum Gasteiger partial charge on any atom is 0.335 e. The molecule has 0 atom stereocenters. The first kappa shape index (κ1) is 17.5. The minimum absolute atomic E-state index is 0.0166. The molecule has 4 aromatic rings. The number of fused-ring (bicyclic) bond motifs is 2. The summed E-state index contributed by atoms with van der Waals surface area (Å²) in [4.78, 5) is 29.7. The van der Waals surface area contributed by atoms with Crippen LogP contribution in [0.25, 0.3) is 22.0 Å². The van der Waals surface area contributed by atoms with E-state index in [1.165, 1.54) is 37.1 Å². The van der Waals surface area contributed by atoms with Crippen molar-refractivity contribution in [1.29, 1.82) is 0 Å². The molecule has 0 saturated carbocycles. The Kier molecular flexibility index (Phi) is 3.96. The second-order valence-corrected chi connectivity index (χ2v) is 6.34. The number of carbonyl (C=O) groups is 2. The summed E-state index contributed by atoms with van der Waals surface area (Å²) in [6.07, 6.45) is 0. The Morgan fingerprint density at radius 1 is 1.18 bits per heavy atom. The third-order valence-corrected chi connectivity index (χ3v) is 4.57. The molecule has 140 valence electrons. The van der Waals surface area contributed by atoms with Crippen molar-refractivity contribution in [3.8, 4) is 0 Å². The number of benzene rings is 2. The molecular weight excluding hydrogens is 362 g/mol. The van der Waals surface area contributed by atoms with Gasteiger partial charge in [-0.2, -0.15) is 4.73 Å². The Morgan fingerprint density at radius 3 is 2.68 bits per heavy atom. The predicted octanol–water partition coefficient (Wildman–Crippen LogP) is 2.90. The molecular formula is C20H15N3O5. The van der Waals surface area contributed by atoms with Crippen molar-refractivity contribution >= 4 is 39.8 Å². The molecule has 2 aromatic carbocycles. The molecule has 4 rings (SSSR count). The van der Waals surface area contributed by atoms with Crippen molar-refractivity contribution in [3.05, 3.63) is 70.7 Å². The van der Waals surface area contributed by atoms with E-state index in [4.69, 9.17) is 9.52 Å². The van der Waals surface area contributed by atoms with Crippen molar-refractivity contribution < 1.29 is 23.8 Å². The van der Waals surface area contributed by atoms with Crippen LogP contribution in [0, 0.1) is 12.1 Å². The van der Waals surface area contributed by atoms with Gasteiger partial charge in [0, 0.05) is 31.5 Å². The fraction of sp³-hybridized carbons (Fsp3) is 0.100. The highest BCUT2D eigenvalue weighted by atomic mass is 16.5. The molecule has 0 bridgehead atoms. The minimum atomic E-state index is -1.05. The summed E-state index contributed by atoms with van der Waals surface area (Å²) in [5.74, 6) is -1.34. The lowest BCUT2D eigenvalue weighted by Crippen LogP contribution is -2.37. The SMILES string of the molecule is Cc1c(C(=O)N(C)c2cc3cc(C(=O)O)ccc3o2)nc2ccccc2[n+]1[O-]. The Hall–Kier alpha value is -3.94. The minimum Gasteiger partial charge on any atom is -0.618 e. The van der Waals surface area contributed by atoms with Gasteiger partial charge in [0.2, 0.25) is 17.1 Å². The normalized spacial score (nSPS) is 11.1. The van der Waals surface area contributed by atoms with Crippen LogP contribution in [-0.2, 0) is 0 Å². The number of anilines is 1. The van der Waals surface area contributed by atoms with Crippen molar-refractivity contribution in [1.82, 2.24) is 4.98 Å². The number of furan rings is 1. The molecule has 2 heterocycles. The molecule has 2 aromatic heterocycles. The summed E-state index contributed by atoms with van der Waals surface area (Å²) in [5.41, 5.74) is 1.55. The van der Waals surface area contributed by atoms with Gasteiger partial charge in [-0.25, -0.2) is 9.78 Å². The standard InChI is InChI=1S/C20H15N3O5/c1-11-18(21-14-5-3-4-6-15(14)23(11)27)19(24)22(2)17-10-13-9-12(20(25)26)7-8-16(13)28-17/h3-10H,1-2H3,(H,25,26). The Bertz CT molecular complexity index is 1260. The number of para-hydroxylation sites is 2. The van der Waals surface area contributed by atoms with E-state index < -0.39 is 11.9 Å². The topological polar surface area (TPSA) is 111 Å². The number of hydrogen-bond donors (Lipinski definition) is 1. The first-order valence-corrected chi connectivity index (χ1v) is 8.40. The zero-order valence-electron chi connectivity index (χ0n) is 15.0. The van der Waals surface area contributed by atoms with E-state index in [0.29, 0.717) is 26.7 Å². The van der Waals surface area contributed by atoms with E-state index >= 15 is 0 Å². The van der Waals surface area contributed by atoms with Gasteiger partial charge >= 0.3 is 5.97 Å². The van der Waals surface area contributed by atoms with Crippen molar-refractivity contribution in [2.45, 2.75) is 6.92 Å². The van der Waals surface area contributed by atoms with Gasteiger partial charge in [-0.1, -0.05) is 12.1 Å². The van der Waals surface area contributed by atoms with Gasteiger partial charge in [0.15, 0.2) is 5.69 Å². The van der Waals surface area contributed by atoms with E-state index in [2.05, 4.69) is 4.98 Å². The van der Waals surface area contributed by atoms with Crippen LogP contribution in [0.4, 0.5) is 5.88 Å².